The van der Waals surface area contributed by atoms with Crippen LogP contribution in [0.5, 0.6) is 0 Å². The molecule has 0 unspecified atom stereocenters. The van der Waals surface area contributed by atoms with Gasteiger partial charge < -0.3 is 16.2 Å². The number of benzene rings is 1. The first-order valence-corrected chi connectivity index (χ1v) is 6.82. The van der Waals surface area contributed by atoms with Crippen LogP contribution in [-0.2, 0) is 9.59 Å². The maximum Gasteiger partial charge on any atom is 0.303 e. The molecule has 108 valence electrons. The predicted octanol–water partition coefficient (Wildman–Crippen LogP) is 1.45. The van der Waals surface area contributed by atoms with Crippen molar-refractivity contribution >= 4 is 11.9 Å². The molecule has 1 atom stereocenters. The van der Waals surface area contributed by atoms with E-state index in [-0.39, 0.29) is 17.7 Å². The van der Waals surface area contributed by atoms with E-state index in [1.165, 1.54) is 0 Å². The number of nitrogens with one attached hydrogen (secondary N) is 1. The van der Waals surface area contributed by atoms with Crippen LogP contribution in [0.2, 0.25) is 0 Å². The monoisotopic (exact) mass is 276 g/mol. The zero-order valence-electron chi connectivity index (χ0n) is 11.3. The lowest BCUT2D eigenvalue weighted by atomic mass is 9.66. The van der Waals surface area contributed by atoms with Crippen molar-refractivity contribution in [1.82, 2.24) is 5.32 Å². The largest absolute Gasteiger partial charge is 0.481 e. The Balaban J connectivity index is 1.90. The molecule has 0 aliphatic heterocycles. The molecule has 1 aromatic rings. The minimum Gasteiger partial charge on any atom is -0.481 e. The van der Waals surface area contributed by atoms with Gasteiger partial charge in [-0.1, -0.05) is 36.8 Å². The Kier molecular flexibility index (Phi) is 4.39. The molecule has 0 radical (unpaired) electrons. The highest BCUT2D eigenvalue weighted by Gasteiger charge is 2.39. The number of carboxylic acid groups (broad SMARTS) is 1. The van der Waals surface area contributed by atoms with Crippen molar-refractivity contribution in [3.05, 3.63) is 35.9 Å². The predicted molar refractivity (Wildman–Crippen MR) is 74.9 cm³/mol. The van der Waals surface area contributed by atoms with E-state index in [0.29, 0.717) is 6.54 Å². The van der Waals surface area contributed by atoms with Crippen LogP contribution in [0, 0.1) is 5.41 Å². The van der Waals surface area contributed by atoms with Crippen LogP contribution < -0.4 is 11.1 Å². The highest BCUT2D eigenvalue weighted by atomic mass is 16.4. The summed E-state index contributed by atoms with van der Waals surface area (Å²) in [5.41, 5.74) is 6.38. The van der Waals surface area contributed by atoms with Crippen molar-refractivity contribution in [2.24, 2.45) is 11.1 Å². The first-order valence-electron chi connectivity index (χ1n) is 6.82. The third kappa shape index (κ3) is 3.36. The van der Waals surface area contributed by atoms with Gasteiger partial charge in [-0.05, 0) is 23.8 Å². The van der Waals surface area contributed by atoms with Crippen molar-refractivity contribution in [1.29, 1.82) is 0 Å². The Morgan fingerprint density at radius 3 is 2.45 bits per heavy atom. The highest BCUT2D eigenvalue weighted by molar-refractivity contribution is 5.83. The molecule has 20 heavy (non-hydrogen) atoms. The molecule has 1 amide bonds. The van der Waals surface area contributed by atoms with Crippen molar-refractivity contribution in [3.8, 4) is 0 Å². The minimum absolute atomic E-state index is 0.105. The zero-order chi connectivity index (χ0) is 14.6. The fourth-order valence-corrected chi connectivity index (χ4v) is 2.61. The smallest absolute Gasteiger partial charge is 0.303 e. The molecule has 1 fully saturated rings. The van der Waals surface area contributed by atoms with Crippen molar-refractivity contribution in [3.63, 3.8) is 0 Å². The average molecular weight is 276 g/mol. The number of hydrogen-bond donors (Lipinski definition) is 3. The molecule has 2 rings (SSSR count). The summed E-state index contributed by atoms with van der Waals surface area (Å²) in [6, 6.07) is 8.44. The summed E-state index contributed by atoms with van der Waals surface area (Å²) < 4.78 is 0. The van der Waals surface area contributed by atoms with Crippen molar-refractivity contribution in [2.75, 3.05) is 6.54 Å². The van der Waals surface area contributed by atoms with E-state index in [0.717, 1.165) is 24.8 Å². The normalized spacial score (nSPS) is 17.9. The highest BCUT2D eigenvalue weighted by Crippen LogP contribution is 2.43. The second-order valence-electron chi connectivity index (χ2n) is 5.53. The molecule has 1 saturated carbocycles. The summed E-state index contributed by atoms with van der Waals surface area (Å²) in [5, 5.41) is 11.7. The van der Waals surface area contributed by atoms with E-state index in [9.17, 15) is 9.59 Å². The zero-order valence-corrected chi connectivity index (χ0v) is 11.3. The summed E-state index contributed by atoms with van der Waals surface area (Å²) in [6.45, 7) is 0.388. The molecule has 1 aliphatic rings. The van der Waals surface area contributed by atoms with Gasteiger partial charge in [-0.25, -0.2) is 0 Å². The Labute approximate surface area is 118 Å². The minimum atomic E-state index is -0.814. The van der Waals surface area contributed by atoms with E-state index < -0.39 is 12.0 Å². The second kappa shape index (κ2) is 6.05. The number of amides is 1. The van der Waals surface area contributed by atoms with Crippen LogP contribution in [0.3, 0.4) is 0 Å². The number of nitrogens with two attached hydrogens (primary N) is 1. The fourth-order valence-electron chi connectivity index (χ4n) is 2.61. The molecule has 0 aromatic heterocycles. The van der Waals surface area contributed by atoms with Gasteiger partial charge >= 0.3 is 5.97 Å². The lowest BCUT2D eigenvalue weighted by Gasteiger charge is -2.41. The third-order valence-electron chi connectivity index (χ3n) is 4.02. The number of aliphatic carboxylic acids is 1. The Morgan fingerprint density at radius 1 is 1.30 bits per heavy atom. The van der Waals surface area contributed by atoms with Crippen LogP contribution in [0.25, 0.3) is 0 Å². The Morgan fingerprint density at radius 2 is 1.95 bits per heavy atom. The average Bonchev–Trinajstić information content (AvgIpc) is 2.41. The molecule has 0 spiro atoms. The molecule has 5 nitrogen and oxygen atoms in total. The molecule has 0 bridgehead atoms. The van der Waals surface area contributed by atoms with Gasteiger partial charge in [0.2, 0.25) is 5.91 Å². The maximum absolute atomic E-state index is 12.0. The van der Waals surface area contributed by atoms with Crippen LogP contribution in [0.1, 0.15) is 37.3 Å². The number of carboxylic acids is 1. The Bertz CT molecular complexity index is 483. The Hall–Kier alpha value is -1.88. The molecule has 1 aromatic carbocycles. The van der Waals surface area contributed by atoms with Crippen molar-refractivity contribution < 1.29 is 14.7 Å². The number of carbonyl (C=O) groups excluding carboxylic acids is 1. The lowest BCUT2D eigenvalue weighted by Crippen LogP contribution is -2.45. The molecule has 5 heteroatoms. The van der Waals surface area contributed by atoms with E-state index in [1.54, 1.807) is 12.1 Å². The maximum atomic E-state index is 12.0. The summed E-state index contributed by atoms with van der Waals surface area (Å²) >= 11 is 0. The van der Waals surface area contributed by atoms with E-state index in [1.807, 2.05) is 18.2 Å². The van der Waals surface area contributed by atoms with Gasteiger partial charge in [0.25, 0.3) is 0 Å². The number of carbonyl (C=O) groups is 2. The number of hydrogen-bond acceptors (Lipinski definition) is 3. The van der Waals surface area contributed by atoms with E-state index in [4.69, 9.17) is 10.8 Å². The van der Waals surface area contributed by atoms with Crippen LogP contribution in [-0.4, -0.2) is 23.5 Å². The molecule has 0 saturated heterocycles. The topological polar surface area (TPSA) is 92.4 Å². The summed E-state index contributed by atoms with van der Waals surface area (Å²) in [6.07, 6.45) is 2.82. The third-order valence-corrected chi connectivity index (χ3v) is 4.02. The van der Waals surface area contributed by atoms with E-state index in [2.05, 4.69) is 5.32 Å². The summed E-state index contributed by atoms with van der Waals surface area (Å²) in [7, 11) is 0. The standard InChI is InChI=1S/C15H20N2O3/c16-13(11-5-2-1-3-6-11)14(20)17-10-15(7-4-8-15)9-12(18)19/h1-3,5-6,13H,4,7-10,16H2,(H,17,20)(H,18,19)/t13-/m0/s1. The lowest BCUT2D eigenvalue weighted by molar-refractivity contribution is -0.142. The quantitative estimate of drug-likeness (QED) is 0.733. The molecule has 0 heterocycles. The number of rotatable bonds is 6. The molecule has 4 N–H and O–H groups in total. The van der Waals surface area contributed by atoms with Gasteiger partial charge in [0, 0.05) is 6.54 Å². The van der Waals surface area contributed by atoms with Crippen LogP contribution in [0.15, 0.2) is 30.3 Å². The van der Waals surface area contributed by atoms with Crippen LogP contribution in [0.4, 0.5) is 0 Å². The van der Waals surface area contributed by atoms with Gasteiger partial charge in [-0.3, -0.25) is 9.59 Å². The van der Waals surface area contributed by atoms with Crippen LogP contribution >= 0.6 is 0 Å². The molecule has 1 aliphatic carbocycles. The van der Waals surface area contributed by atoms with Gasteiger partial charge in [0.05, 0.1) is 6.42 Å². The van der Waals surface area contributed by atoms with Gasteiger partial charge in [-0.15, -0.1) is 0 Å². The summed E-state index contributed by atoms with van der Waals surface area (Å²) in [5.74, 6) is -1.07. The summed E-state index contributed by atoms with van der Waals surface area (Å²) in [4.78, 5) is 22.9. The fraction of sp³-hybridized carbons (Fsp3) is 0.467. The van der Waals surface area contributed by atoms with Gasteiger partial charge in [0.15, 0.2) is 0 Å². The first-order chi connectivity index (χ1) is 9.52. The molecular weight excluding hydrogens is 256 g/mol. The van der Waals surface area contributed by atoms with Crippen molar-refractivity contribution in [2.45, 2.75) is 31.7 Å². The SMILES string of the molecule is N[C@H](C(=O)NCC1(CC(=O)O)CCC1)c1ccccc1. The first kappa shape index (κ1) is 14.5. The van der Waals surface area contributed by atoms with E-state index >= 15 is 0 Å². The van der Waals surface area contributed by atoms with Gasteiger partial charge in [-0.2, -0.15) is 0 Å². The van der Waals surface area contributed by atoms with Gasteiger partial charge in [0.1, 0.15) is 6.04 Å². The molecular formula is C15H20N2O3. The second-order valence-corrected chi connectivity index (χ2v) is 5.53.